The molecule has 3 aromatic carbocycles. The van der Waals surface area contributed by atoms with Crippen LogP contribution in [-0.4, -0.2) is 27.0 Å². The highest BCUT2D eigenvalue weighted by Crippen LogP contribution is 2.35. The molecule has 3 aromatic rings. The van der Waals surface area contributed by atoms with E-state index < -0.39 is 27.9 Å². The Morgan fingerprint density at radius 3 is 2.45 bits per heavy atom. The van der Waals surface area contributed by atoms with E-state index in [2.05, 4.69) is 5.32 Å². The molecule has 0 spiro atoms. The zero-order valence-corrected chi connectivity index (χ0v) is 17.4. The van der Waals surface area contributed by atoms with Crippen molar-refractivity contribution in [3.05, 3.63) is 95.8 Å². The van der Waals surface area contributed by atoms with E-state index >= 15 is 0 Å². The fourth-order valence-electron chi connectivity index (χ4n) is 3.40. The van der Waals surface area contributed by atoms with Gasteiger partial charge in [-0.3, -0.25) is 9.10 Å². The van der Waals surface area contributed by atoms with Crippen LogP contribution in [0.4, 0.5) is 10.1 Å². The third kappa shape index (κ3) is 4.69. The molecule has 0 bridgehead atoms. The normalized spacial score (nSPS) is 15.6. The molecule has 0 saturated heterocycles. The molecule has 1 N–H and O–H groups in total. The number of hydrogen-bond acceptors (Lipinski definition) is 4. The maximum absolute atomic E-state index is 13.8. The van der Waals surface area contributed by atoms with Crippen LogP contribution in [-0.2, 0) is 27.1 Å². The van der Waals surface area contributed by atoms with Crippen molar-refractivity contribution in [2.24, 2.45) is 0 Å². The first-order valence-electron chi connectivity index (χ1n) is 9.75. The SMILES string of the molecule is O=C(NCc1ccccc1F)C1CN(S(=O)(=O)Cc2ccccc2)c2ccccc2O1. The molecule has 4 rings (SSSR count). The molecule has 6 nitrogen and oxygen atoms in total. The maximum Gasteiger partial charge on any atom is 0.263 e. The second-order valence-corrected chi connectivity index (χ2v) is 9.05. The number of anilines is 1. The quantitative estimate of drug-likeness (QED) is 0.639. The lowest BCUT2D eigenvalue weighted by atomic mass is 10.2. The van der Waals surface area contributed by atoms with Crippen LogP contribution in [0, 0.1) is 5.82 Å². The zero-order valence-electron chi connectivity index (χ0n) is 16.6. The summed E-state index contributed by atoms with van der Waals surface area (Å²) in [6, 6.07) is 21.7. The minimum atomic E-state index is -3.78. The number of carbonyl (C=O) groups excluding carboxylic acids is 1. The van der Waals surface area contributed by atoms with E-state index in [4.69, 9.17) is 4.74 Å². The Morgan fingerprint density at radius 1 is 1.00 bits per heavy atom. The number of amides is 1. The lowest BCUT2D eigenvalue weighted by Gasteiger charge is -2.34. The summed E-state index contributed by atoms with van der Waals surface area (Å²) in [4.78, 5) is 12.7. The van der Waals surface area contributed by atoms with Crippen LogP contribution < -0.4 is 14.4 Å². The van der Waals surface area contributed by atoms with Gasteiger partial charge in [0, 0.05) is 12.1 Å². The van der Waals surface area contributed by atoms with Crippen molar-refractivity contribution >= 4 is 21.6 Å². The number of fused-ring (bicyclic) bond motifs is 1. The summed E-state index contributed by atoms with van der Waals surface area (Å²) < 4.78 is 47.2. The second kappa shape index (κ2) is 8.77. The molecule has 8 heteroatoms. The summed E-state index contributed by atoms with van der Waals surface area (Å²) in [7, 11) is -3.78. The Balaban J connectivity index is 1.55. The number of para-hydroxylation sites is 2. The van der Waals surface area contributed by atoms with Gasteiger partial charge in [0.2, 0.25) is 10.0 Å². The van der Waals surface area contributed by atoms with Gasteiger partial charge in [0.1, 0.15) is 11.6 Å². The average Bonchev–Trinajstić information content (AvgIpc) is 2.78. The highest BCUT2D eigenvalue weighted by molar-refractivity contribution is 7.92. The lowest BCUT2D eigenvalue weighted by Crippen LogP contribution is -2.50. The van der Waals surface area contributed by atoms with Gasteiger partial charge in [0.05, 0.1) is 18.0 Å². The molecule has 0 aliphatic carbocycles. The van der Waals surface area contributed by atoms with Crippen molar-refractivity contribution < 1.29 is 22.3 Å². The van der Waals surface area contributed by atoms with Crippen molar-refractivity contribution in [3.63, 3.8) is 0 Å². The van der Waals surface area contributed by atoms with Crippen LogP contribution in [0.3, 0.4) is 0 Å². The Morgan fingerprint density at radius 2 is 1.68 bits per heavy atom. The van der Waals surface area contributed by atoms with E-state index in [1.807, 2.05) is 6.07 Å². The van der Waals surface area contributed by atoms with E-state index in [9.17, 15) is 17.6 Å². The van der Waals surface area contributed by atoms with E-state index in [0.29, 0.717) is 22.6 Å². The zero-order chi connectivity index (χ0) is 21.8. The molecule has 1 aliphatic heterocycles. The summed E-state index contributed by atoms with van der Waals surface area (Å²) in [6.45, 7) is -0.195. The number of ether oxygens (including phenoxy) is 1. The first-order valence-corrected chi connectivity index (χ1v) is 11.4. The summed E-state index contributed by atoms with van der Waals surface area (Å²) in [5.41, 5.74) is 1.37. The van der Waals surface area contributed by atoms with Crippen LogP contribution in [0.5, 0.6) is 5.75 Å². The van der Waals surface area contributed by atoms with E-state index in [-0.39, 0.29) is 18.8 Å². The van der Waals surface area contributed by atoms with Gasteiger partial charge in [-0.2, -0.15) is 0 Å². The number of hydrogen-bond donors (Lipinski definition) is 1. The van der Waals surface area contributed by atoms with Gasteiger partial charge in [0.25, 0.3) is 5.91 Å². The van der Waals surface area contributed by atoms with Crippen molar-refractivity contribution in [2.45, 2.75) is 18.4 Å². The van der Waals surface area contributed by atoms with Crippen LogP contribution in [0.25, 0.3) is 0 Å². The molecule has 1 atom stereocenters. The standard InChI is InChI=1S/C23H21FN2O4S/c24-19-11-5-4-10-18(19)14-25-23(27)22-15-26(20-12-6-7-13-21(20)30-22)31(28,29)16-17-8-2-1-3-9-17/h1-13,22H,14-16H2,(H,25,27). The highest BCUT2D eigenvalue weighted by Gasteiger charge is 2.36. The Bertz CT molecular complexity index is 1180. The fourth-order valence-corrected chi connectivity index (χ4v) is 4.99. The molecule has 0 aromatic heterocycles. The lowest BCUT2D eigenvalue weighted by molar-refractivity contribution is -0.127. The smallest absolute Gasteiger partial charge is 0.263 e. The highest BCUT2D eigenvalue weighted by atomic mass is 32.2. The molecular formula is C23H21FN2O4S. The number of nitrogens with zero attached hydrogens (tertiary/aromatic N) is 1. The number of rotatable bonds is 6. The van der Waals surface area contributed by atoms with Gasteiger partial charge in [-0.05, 0) is 23.8 Å². The number of carbonyl (C=O) groups is 1. The summed E-state index contributed by atoms with van der Waals surface area (Å²) >= 11 is 0. The largest absolute Gasteiger partial charge is 0.476 e. The van der Waals surface area contributed by atoms with Crippen molar-refractivity contribution in [2.75, 3.05) is 10.8 Å². The third-order valence-electron chi connectivity index (χ3n) is 4.97. The number of nitrogens with one attached hydrogen (secondary N) is 1. The molecule has 160 valence electrons. The minimum absolute atomic E-state index is 0.0240. The third-order valence-corrected chi connectivity index (χ3v) is 6.68. The maximum atomic E-state index is 13.8. The Hall–Kier alpha value is -3.39. The van der Waals surface area contributed by atoms with Gasteiger partial charge in [-0.1, -0.05) is 60.7 Å². The first kappa shape index (κ1) is 20.9. The van der Waals surface area contributed by atoms with Gasteiger partial charge in [-0.25, -0.2) is 12.8 Å². The number of benzene rings is 3. The van der Waals surface area contributed by atoms with Gasteiger partial charge in [-0.15, -0.1) is 0 Å². The molecule has 0 saturated carbocycles. The van der Waals surface area contributed by atoms with Crippen LogP contribution in [0.2, 0.25) is 0 Å². The van der Waals surface area contributed by atoms with Gasteiger partial charge in [0.15, 0.2) is 6.10 Å². The van der Waals surface area contributed by atoms with Crippen LogP contribution in [0.15, 0.2) is 78.9 Å². The molecule has 1 aliphatic rings. The summed E-state index contributed by atoms with van der Waals surface area (Å²) in [6.07, 6.45) is -1.06. The summed E-state index contributed by atoms with van der Waals surface area (Å²) in [5.74, 6) is -0.843. The van der Waals surface area contributed by atoms with Crippen LogP contribution >= 0.6 is 0 Å². The summed E-state index contributed by atoms with van der Waals surface area (Å²) in [5, 5.41) is 2.64. The van der Waals surface area contributed by atoms with Crippen molar-refractivity contribution in [1.29, 1.82) is 0 Å². The number of halogens is 1. The van der Waals surface area contributed by atoms with E-state index in [1.54, 1.807) is 66.7 Å². The second-order valence-electron chi connectivity index (χ2n) is 7.16. The molecular weight excluding hydrogens is 419 g/mol. The average molecular weight is 440 g/mol. The molecule has 1 unspecified atom stereocenters. The molecule has 31 heavy (non-hydrogen) atoms. The molecule has 1 amide bonds. The van der Waals surface area contributed by atoms with Crippen molar-refractivity contribution in [1.82, 2.24) is 5.32 Å². The van der Waals surface area contributed by atoms with Crippen molar-refractivity contribution in [3.8, 4) is 5.75 Å². The van der Waals surface area contributed by atoms with Crippen LogP contribution in [0.1, 0.15) is 11.1 Å². The van der Waals surface area contributed by atoms with Gasteiger partial charge >= 0.3 is 0 Å². The molecule has 0 fully saturated rings. The van der Waals surface area contributed by atoms with E-state index in [0.717, 1.165) is 0 Å². The Labute approximate surface area is 180 Å². The predicted octanol–water partition coefficient (Wildman–Crippen LogP) is 3.24. The van der Waals surface area contributed by atoms with Gasteiger partial charge < -0.3 is 10.1 Å². The minimum Gasteiger partial charge on any atom is -0.476 e. The molecule has 0 radical (unpaired) electrons. The fraction of sp³-hybridized carbons (Fsp3) is 0.174. The predicted molar refractivity (Wildman–Crippen MR) is 116 cm³/mol. The monoisotopic (exact) mass is 440 g/mol. The topological polar surface area (TPSA) is 75.7 Å². The molecule has 1 heterocycles. The Kier molecular flexibility index (Phi) is 5.90. The number of sulfonamides is 1. The first-order chi connectivity index (χ1) is 14.9. The van der Waals surface area contributed by atoms with E-state index in [1.165, 1.54) is 10.4 Å².